The molecule has 4 nitrogen and oxygen atoms in total. The van der Waals surface area contributed by atoms with Crippen LogP contribution >= 0.6 is 0 Å². The summed E-state index contributed by atoms with van der Waals surface area (Å²) in [5.74, 6) is 0.718. The fourth-order valence-electron chi connectivity index (χ4n) is 3.07. The monoisotopic (exact) mass is 331 g/mol. The lowest BCUT2D eigenvalue weighted by molar-refractivity contribution is 0.243. The first-order valence-corrected chi connectivity index (χ1v) is 8.23. The van der Waals surface area contributed by atoms with Crippen LogP contribution in [0.2, 0.25) is 0 Å². The third-order valence-corrected chi connectivity index (χ3v) is 4.26. The Labute approximate surface area is 141 Å². The molecule has 0 bridgehead atoms. The highest BCUT2D eigenvalue weighted by Gasteiger charge is 2.25. The van der Waals surface area contributed by atoms with Crippen LogP contribution in [0.5, 0.6) is 17.2 Å². The number of aromatic hydroxyl groups is 1. The maximum absolute atomic E-state index is 14.1. The summed E-state index contributed by atoms with van der Waals surface area (Å²) in [4.78, 5) is 0. The van der Waals surface area contributed by atoms with Gasteiger partial charge in [0.25, 0.3) is 0 Å². The topological polar surface area (TPSA) is 50.7 Å². The minimum Gasteiger partial charge on any atom is -0.505 e. The van der Waals surface area contributed by atoms with Crippen LogP contribution in [0.4, 0.5) is 4.39 Å². The smallest absolute Gasteiger partial charge is 0.169 e. The van der Waals surface area contributed by atoms with Crippen molar-refractivity contribution in [2.24, 2.45) is 0 Å². The molecule has 0 saturated carbocycles. The van der Waals surface area contributed by atoms with Gasteiger partial charge in [0, 0.05) is 29.6 Å². The Kier molecular flexibility index (Phi) is 4.90. The summed E-state index contributed by atoms with van der Waals surface area (Å²) in [6, 6.07) is 10.2. The number of ether oxygens (including phenoxy) is 2. The Morgan fingerprint density at radius 1 is 1.38 bits per heavy atom. The number of benzene rings is 2. The molecule has 0 fully saturated rings. The lowest BCUT2D eigenvalue weighted by atomic mass is 9.97. The molecule has 0 aromatic heterocycles. The molecule has 0 amide bonds. The molecule has 2 aromatic carbocycles. The minimum atomic E-state index is -0.576. The maximum Gasteiger partial charge on any atom is 0.169 e. The molecule has 1 heterocycles. The molecule has 1 aliphatic rings. The molecular formula is C19H22FNO3. The van der Waals surface area contributed by atoms with Crippen molar-refractivity contribution >= 4 is 0 Å². The largest absolute Gasteiger partial charge is 0.505 e. The number of phenolic OH excluding ortho intramolecular Hbond substituents is 1. The fraction of sp³-hybridized carbons (Fsp3) is 0.368. The molecule has 2 aromatic rings. The second kappa shape index (κ2) is 7.09. The summed E-state index contributed by atoms with van der Waals surface area (Å²) in [5, 5.41) is 13.0. The van der Waals surface area contributed by atoms with Crippen molar-refractivity contribution in [2.75, 3.05) is 13.2 Å². The van der Waals surface area contributed by atoms with Gasteiger partial charge in [-0.3, -0.25) is 0 Å². The van der Waals surface area contributed by atoms with Gasteiger partial charge in [-0.05, 0) is 38.1 Å². The summed E-state index contributed by atoms with van der Waals surface area (Å²) in [7, 11) is 0. The number of hydrogen-bond acceptors (Lipinski definition) is 4. The van der Waals surface area contributed by atoms with Gasteiger partial charge in [-0.2, -0.15) is 0 Å². The zero-order chi connectivity index (χ0) is 17.1. The van der Waals surface area contributed by atoms with Crippen LogP contribution in [0.1, 0.15) is 43.5 Å². The average Bonchev–Trinajstić information content (AvgIpc) is 2.58. The highest BCUT2D eigenvalue weighted by Crippen LogP contribution is 2.36. The van der Waals surface area contributed by atoms with Gasteiger partial charge in [0.2, 0.25) is 0 Å². The number of rotatable bonds is 5. The lowest BCUT2D eigenvalue weighted by Crippen LogP contribution is -2.29. The van der Waals surface area contributed by atoms with E-state index in [1.165, 1.54) is 6.07 Å². The van der Waals surface area contributed by atoms with Gasteiger partial charge < -0.3 is 19.9 Å². The summed E-state index contributed by atoms with van der Waals surface area (Å²) in [5.41, 5.74) is 1.46. The van der Waals surface area contributed by atoms with Crippen LogP contribution in [0.25, 0.3) is 0 Å². The molecule has 3 rings (SSSR count). The standard InChI is InChI=1S/C19H22FNO3/c1-3-23-13-7-8-18-15(11-13)16(9-10-24-18)21-12(2)14-5-4-6-17(22)19(14)20/h4-8,11-12,16,21-22H,3,9-10H2,1-2H3. The summed E-state index contributed by atoms with van der Waals surface area (Å²) in [6.45, 7) is 5.04. The van der Waals surface area contributed by atoms with Crippen LogP contribution < -0.4 is 14.8 Å². The molecule has 2 atom stereocenters. The molecule has 1 aliphatic heterocycles. The minimum absolute atomic E-state index is 0.0332. The molecular weight excluding hydrogens is 309 g/mol. The van der Waals surface area contributed by atoms with Gasteiger partial charge in [-0.15, -0.1) is 0 Å². The number of fused-ring (bicyclic) bond motifs is 1. The molecule has 0 spiro atoms. The molecule has 2 N–H and O–H groups in total. The zero-order valence-corrected chi connectivity index (χ0v) is 13.9. The van der Waals surface area contributed by atoms with E-state index in [4.69, 9.17) is 9.47 Å². The Balaban J connectivity index is 1.84. The summed E-state index contributed by atoms with van der Waals surface area (Å²) >= 11 is 0. The summed E-state index contributed by atoms with van der Waals surface area (Å²) in [6.07, 6.45) is 0.785. The molecule has 2 unspecified atom stereocenters. The average molecular weight is 331 g/mol. The molecule has 24 heavy (non-hydrogen) atoms. The molecule has 0 radical (unpaired) electrons. The number of phenols is 1. The first kappa shape index (κ1) is 16.6. The van der Waals surface area contributed by atoms with E-state index in [0.29, 0.717) is 18.8 Å². The van der Waals surface area contributed by atoms with Crippen molar-refractivity contribution < 1.29 is 19.0 Å². The van der Waals surface area contributed by atoms with Gasteiger partial charge >= 0.3 is 0 Å². The summed E-state index contributed by atoms with van der Waals surface area (Å²) < 4.78 is 25.4. The SMILES string of the molecule is CCOc1ccc2c(c1)C(NC(C)c1cccc(O)c1F)CCO2. The highest BCUT2D eigenvalue weighted by atomic mass is 19.1. The van der Waals surface area contributed by atoms with Crippen LogP contribution in [-0.4, -0.2) is 18.3 Å². The Morgan fingerprint density at radius 3 is 3.00 bits per heavy atom. The van der Waals surface area contributed by atoms with E-state index in [9.17, 15) is 9.50 Å². The molecule has 5 heteroatoms. The van der Waals surface area contributed by atoms with E-state index < -0.39 is 5.82 Å². The predicted octanol–water partition coefficient (Wildman–Crippen LogP) is 4.10. The van der Waals surface area contributed by atoms with E-state index in [1.807, 2.05) is 32.0 Å². The van der Waals surface area contributed by atoms with E-state index in [-0.39, 0.29) is 17.8 Å². The third kappa shape index (κ3) is 3.31. The van der Waals surface area contributed by atoms with Crippen LogP contribution in [0.15, 0.2) is 36.4 Å². The van der Waals surface area contributed by atoms with E-state index in [1.54, 1.807) is 12.1 Å². The second-order valence-electron chi connectivity index (χ2n) is 5.89. The number of hydrogen-bond donors (Lipinski definition) is 2. The first-order chi connectivity index (χ1) is 11.6. The fourth-order valence-corrected chi connectivity index (χ4v) is 3.07. The van der Waals surface area contributed by atoms with Crippen LogP contribution in [0.3, 0.4) is 0 Å². The van der Waals surface area contributed by atoms with Gasteiger partial charge in [-0.25, -0.2) is 4.39 Å². The van der Waals surface area contributed by atoms with Gasteiger partial charge in [0.05, 0.1) is 13.2 Å². The van der Waals surface area contributed by atoms with Crippen LogP contribution in [-0.2, 0) is 0 Å². The van der Waals surface area contributed by atoms with Crippen molar-refractivity contribution in [3.05, 3.63) is 53.3 Å². The van der Waals surface area contributed by atoms with Gasteiger partial charge in [-0.1, -0.05) is 12.1 Å². The molecule has 128 valence electrons. The lowest BCUT2D eigenvalue weighted by Gasteiger charge is -2.30. The Morgan fingerprint density at radius 2 is 2.21 bits per heavy atom. The second-order valence-corrected chi connectivity index (χ2v) is 5.89. The zero-order valence-electron chi connectivity index (χ0n) is 13.9. The quantitative estimate of drug-likeness (QED) is 0.866. The van der Waals surface area contributed by atoms with Gasteiger partial charge in [0.1, 0.15) is 11.5 Å². The molecule has 0 saturated heterocycles. The Bertz CT molecular complexity index is 720. The first-order valence-electron chi connectivity index (χ1n) is 8.23. The Hall–Kier alpha value is -2.27. The van der Waals surface area contributed by atoms with Crippen molar-refractivity contribution in [3.8, 4) is 17.2 Å². The predicted molar refractivity (Wildman–Crippen MR) is 90.1 cm³/mol. The van der Waals surface area contributed by atoms with Crippen molar-refractivity contribution in [1.82, 2.24) is 5.32 Å². The number of nitrogens with one attached hydrogen (secondary N) is 1. The van der Waals surface area contributed by atoms with Crippen molar-refractivity contribution in [1.29, 1.82) is 0 Å². The van der Waals surface area contributed by atoms with E-state index in [2.05, 4.69) is 5.32 Å². The number of halogens is 1. The highest BCUT2D eigenvalue weighted by molar-refractivity contribution is 5.43. The van der Waals surface area contributed by atoms with Crippen molar-refractivity contribution in [2.45, 2.75) is 32.4 Å². The van der Waals surface area contributed by atoms with E-state index >= 15 is 0 Å². The normalized spacial score (nSPS) is 17.7. The van der Waals surface area contributed by atoms with E-state index in [0.717, 1.165) is 23.5 Å². The molecule has 0 aliphatic carbocycles. The van der Waals surface area contributed by atoms with Crippen molar-refractivity contribution in [3.63, 3.8) is 0 Å². The maximum atomic E-state index is 14.1. The third-order valence-electron chi connectivity index (χ3n) is 4.26. The van der Waals surface area contributed by atoms with Gasteiger partial charge in [0.15, 0.2) is 11.6 Å². The van der Waals surface area contributed by atoms with Crippen LogP contribution in [0, 0.1) is 5.82 Å².